The van der Waals surface area contributed by atoms with E-state index in [1.54, 1.807) is 0 Å². The fraction of sp³-hybridized carbons (Fsp3) is 0.647. The number of hydrogen-bond donors (Lipinski definition) is 1. The summed E-state index contributed by atoms with van der Waals surface area (Å²) in [5.41, 5.74) is 2.54. The van der Waals surface area contributed by atoms with Gasteiger partial charge in [-0.2, -0.15) is 0 Å². The van der Waals surface area contributed by atoms with Gasteiger partial charge in [-0.25, -0.2) is 0 Å². The summed E-state index contributed by atoms with van der Waals surface area (Å²) in [5, 5.41) is 3.45. The summed E-state index contributed by atoms with van der Waals surface area (Å²) >= 11 is 0. The Bertz CT molecular complexity index is 376. The average Bonchev–Trinajstić information content (AvgIpc) is 2.39. The van der Waals surface area contributed by atoms with Crippen molar-refractivity contribution in [2.45, 2.75) is 52.0 Å². The van der Waals surface area contributed by atoms with Crippen molar-refractivity contribution in [3.63, 3.8) is 0 Å². The highest BCUT2D eigenvalue weighted by Crippen LogP contribution is 2.27. The van der Waals surface area contributed by atoms with Crippen LogP contribution in [0, 0.1) is 19.8 Å². The summed E-state index contributed by atoms with van der Waals surface area (Å²) in [7, 11) is 2.06. The fourth-order valence-electron chi connectivity index (χ4n) is 3.19. The first kappa shape index (κ1) is 14.4. The van der Waals surface area contributed by atoms with Crippen LogP contribution in [0.5, 0.6) is 5.75 Å². The Morgan fingerprint density at radius 1 is 1.11 bits per heavy atom. The standard InChI is InChI=1S/C17H27NO/c1-13-9-14(2)11-16(10-13)19-12-17(18-3)15-7-5-4-6-8-15/h9-11,15,17-18H,4-8,12H2,1-3H3. The molecule has 1 unspecified atom stereocenters. The second-order valence-corrected chi connectivity index (χ2v) is 5.93. The van der Waals surface area contributed by atoms with E-state index in [-0.39, 0.29) is 0 Å². The van der Waals surface area contributed by atoms with Gasteiger partial charge in [-0.15, -0.1) is 0 Å². The third kappa shape index (κ3) is 4.24. The maximum atomic E-state index is 6.01. The fourth-order valence-corrected chi connectivity index (χ4v) is 3.19. The predicted octanol–water partition coefficient (Wildman–Crippen LogP) is 3.85. The number of hydrogen-bond acceptors (Lipinski definition) is 2. The third-order valence-corrected chi connectivity index (χ3v) is 4.21. The minimum Gasteiger partial charge on any atom is -0.492 e. The predicted molar refractivity (Wildman–Crippen MR) is 80.8 cm³/mol. The lowest BCUT2D eigenvalue weighted by Gasteiger charge is -2.30. The largest absolute Gasteiger partial charge is 0.492 e. The Hall–Kier alpha value is -1.02. The van der Waals surface area contributed by atoms with Crippen molar-refractivity contribution in [3.8, 4) is 5.75 Å². The number of rotatable bonds is 5. The Morgan fingerprint density at radius 2 is 1.74 bits per heavy atom. The zero-order chi connectivity index (χ0) is 13.7. The van der Waals surface area contributed by atoms with Crippen molar-refractivity contribution in [2.24, 2.45) is 5.92 Å². The van der Waals surface area contributed by atoms with Gasteiger partial charge in [-0.1, -0.05) is 25.3 Å². The molecule has 2 heteroatoms. The zero-order valence-electron chi connectivity index (χ0n) is 12.5. The molecule has 2 nitrogen and oxygen atoms in total. The van der Waals surface area contributed by atoms with E-state index in [1.807, 2.05) is 0 Å². The summed E-state index contributed by atoms with van der Waals surface area (Å²) in [6.45, 7) is 5.02. The van der Waals surface area contributed by atoms with Crippen LogP contribution < -0.4 is 10.1 Å². The summed E-state index contributed by atoms with van der Waals surface area (Å²) in [6, 6.07) is 6.92. The number of benzene rings is 1. The van der Waals surface area contributed by atoms with E-state index in [0.29, 0.717) is 6.04 Å². The van der Waals surface area contributed by atoms with Crippen LogP contribution in [0.25, 0.3) is 0 Å². The molecule has 0 spiro atoms. The van der Waals surface area contributed by atoms with Crippen LogP contribution in [-0.2, 0) is 0 Å². The Balaban J connectivity index is 1.91. The molecule has 106 valence electrons. The van der Waals surface area contributed by atoms with E-state index < -0.39 is 0 Å². The quantitative estimate of drug-likeness (QED) is 0.869. The smallest absolute Gasteiger partial charge is 0.119 e. The first-order chi connectivity index (χ1) is 9.19. The monoisotopic (exact) mass is 261 g/mol. The molecule has 19 heavy (non-hydrogen) atoms. The number of likely N-dealkylation sites (N-methyl/N-ethyl adjacent to an activating group) is 1. The van der Waals surface area contributed by atoms with E-state index >= 15 is 0 Å². The van der Waals surface area contributed by atoms with Gasteiger partial charge in [-0.05, 0) is 62.9 Å². The van der Waals surface area contributed by atoms with Crippen molar-refractivity contribution in [3.05, 3.63) is 29.3 Å². The number of ether oxygens (including phenoxy) is 1. The van der Waals surface area contributed by atoms with Gasteiger partial charge in [0.05, 0.1) is 0 Å². The first-order valence-corrected chi connectivity index (χ1v) is 7.57. The van der Waals surface area contributed by atoms with Crippen LogP contribution in [0.2, 0.25) is 0 Å². The highest BCUT2D eigenvalue weighted by atomic mass is 16.5. The van der Waals surface area contributed by atoms with Gasteiger partial charge >= 0.3 is 0 Å². The lowest BCUT2D eigenvalue weighted by Crippen LogP contribution is -2.39. The SMILES string of the molecule is CNC(COc1cc(C)cc(C)c1)C1CCCCC1. The van der Waals surface area contributed by atoms with Crippen molar-refractivity contribution >= 4 is 0 Å². The van der Waals surface area contributed by atoms with Gasteiger partial charge < -0.3 is 10.1 Å². The molecular weight excluding hydrogens is 234 g/mol. The molecule has 0 amide bonds. The van der Waals surface area contributed by atoms with Gasteiger partial charge in [0.25, 0.3) is 0 Å². The summed E-state index contributed by atoms with van der Waals surface area (Å²) in [5.74, 6) is 1.79. The molecule has 1 aliphatic rings. The Morgan fingerprint density at radius 3 is 2.32 bits per heavy atom. The summed E-state index contributed by atoms with van der Waals surface area (Å²) < 4.78 is 6.01. The molecule has 1 saturated carbocycles. The van der Waals surface area contributed by atoms with Gasteiger partial charge in [0.2, 0.25) is 0 Å². The maximum Gasteiger partial charge on any atom is 0.119 e. The number of nitrogens with one attached hydrogen (secondary N) is 1. The second kappa shape index (κ2) is 6.95. The molecule has 1 fully saturated rings. The topological polar surface area (TPSA) is 21.3 Å². The van der Waals surface area contributed by atoms with Crippen LogP contribution in [0.4, 0.5) is 0 Å². The van der Waals surface area contributed by atoms with Crippen molar-refractivity contribution in [1.82, 2.24) is 5.32 Å². The zero-order valence-corrected chi connectivity index (χ0v) is 12.5. The molecule has 1 aromatic rings. The Kier molecular flexibility index (Phi) is 5.26. The van der Waals surface area contributed by atoms with E-state index in [0.717, 1.165) is 18.3 Å². The maximum absolute atomic E-state index is 6.01. The van der Waals surface area contributed by atoms with Crippen LogP contribution in [0.3, 0.4) is 0 Å². The molecule has 0 bridgehead atoms. The third-order valence-electron chi connectivity index (χ3n) is 4.21. The molecular formula is C17H27NO. The van der Waals surface area contributed by atoms with Crippen LogP contribution >= 0.6 is 0 Å². The lowest BCUT2D eigenvalue weighted by molar-refractivity contribution is 0.192. The highest BCUT2D eigenvalue weighted by Gasteiger charge is 2.22. The van der Waals surface area contributed by atoms with E-state index in [4.69, 9.17) is 4.74 Å². The molecule has 0 aliphatic heterocycles. The molecule has 1 atom stereocenters. The molecule has 1 N–H and O–H groups in total. The molecule has 0 heterocycles. The molecule has 0 radical (unpaired) electrons. The molecule has 2 rings (SSSR count). The van der Waals surface area contributed by atoms with Gasteiger partial charge in [0.1, 0.15) is 12.4 Å². The van der Waals surface area contributed by atoms with Crippen LogP contribution in [-0.4, -0.2) is 19.7 Å². The molecule has 0 saturated heterocycles. The van der Waals surface area contributed by atoms with E-state index in [9.17, 15) is 0 Å². The van der Waals surface area contributed by atoms with E-state index in [2.05, 4.69) is 44.4 Å². The number of aryl methyl sites for hydroxylation is 2. The minimum absolute atomic E-state index is 0.487. The second-order valence-electron chi connectivity index (χ2n) is 5.93. The highest BCUT2D eigenvalue weighted by molar-refractivity contribution is 5.33. The normalized spacial score (nSPS) is 18.3. The van der Waals surface area contributed by atoms with E-state index in [1.165, 1.54) is 43.2 Å². The van der Waals surface area contributed by atoms with Crippen molar-refractivity contribution in [2.75, 3.05) is 13.7 Å². The van der Waals surface area contributed by atoms with Crippen LogP contribution in [0.1, 0.15) is 43.2 Å². The van der Waals surface area contributed by atoms with Crippen molar-refractivity contribution < 1.29 is 4.74 Å². The van der Waals surface area contributed by atoms with Gasteiger partial charge in [-0.3, -0.25) is 0 Å². The van der Waals surface area contributed by atoms with Crippen molar-refractivity contribution in [1.29, 1.82) is 0 Å². The lowest BCUT2D eigenvalue weighted by atomic mass is 9.84. The minimum atomic E-state index is 0.487. The molecule has 1 aromatic carbocycles. The average molecular weight is 261 g/mol. The van der Waals surface area contributed by atoms with Gasteiger partial charge in [0.15, 0.2) is 0 Å². The first-order valence-electron chi connectivity index (χ1n) is 7.57. The Labute approximate surface area is 117 Å². The van der Waals surface area contributed by atoms with Gasteiger partial charge in [0, 0.05) is 6.04 Å². The molecule has 0 aromatic heterocycles. The summed E-state index contributed by atoms with van der Waals surface area (Å²) in [4.78, 5) is 0. The van der Waals surface area contributed by atoms with Crippen LogP contribution in [0.15, 0.2) is 18.2 Å². The molecule has 1 aliphatic carbocycles. The summed E-state index contributed by atoms with van der Waals surface area (Å²) in [6.07, 6.45) is 6.87.